The zero-order valence-electron chi connectivity index (χ0n) is 7.29. The summed E-state index contributed by atoms with van der Waals surface area (Å²) in [6.07, 6.45) is -0.542. The summed E-state index contributed by atoms with van der Waals surface area (Å²) in [4.78, 5) is 31.1. The smallest absolute Gasteiger partial charge is 0.312 e. The molecule has 2 amide bonds. The van der Waals surface area contributed by atoms with Crippen LogP contribution in [0.25, 0.3) is 0 Å². The SMILES string of the molecule is CC(=O)NCCNC(=O)CC(=O)O. The molecule has 0 aromatic heterocycles. The second-order valence-electron chi connectivity index (χ2n) is 2.40. The Kier molecular flexibility index (Phi) is 5.25. The van der Waals surface area contributed by atoms with Gasteiger partial charge in [0, 0.05) is 20.0 Å². The summed E-state index contributed by atoms with van der Waals surface area (Å²) in [6, 6.07) is 0. The van der Waals surface area contributed by atoms with Crippen molar-refractivity contribution in [1.29, 1.82) is 0 Å². The van der Waals surface area contributed by atoms with Gasteiger partial charge in [-0.1, -0.05) is 0 Å². The lowest BCUT2D eigenvalue weighted by Gasteiger charge is -2.03. The minimum atomic E-state index is -1.17. The number of hydrogen-bond acceptors (Lipinski definition) is 3. The molecule has 0 saturated carbocycles. The molecule has 0 radical (unpaired) electrons. The molecule has 0 aliphatic rings. The summed E-state index contributed by atoms with van der Waals surface area (Å²) in [6.45, 7) is 1.91. The minimum Gasteiger partial charge on any atom is -0.481 e. The number of rotatable bonds is 5. The van der Waals surface area contributed by atoms with Crippen molar-refractivity contribution in [2.24, 2.45) is 0 Å². The third kappa shape index (κ3) is 8.32. The molecule has 13 heavy (non-hydrogen) atoms. The average molecular weight is 188 g/mol. The van der Waals surface area contributed by atoms with Crippen LogP contribution in [0.1, 0.15) is 13.3 Å². The van der Waals surface area contributed by atoms with Gasteiger partial charge in [-0.05, 0) is 0 Å². The van der Waals surface area contributed by atoms with Crippen molar-refractivity contribution in [3.63, 3.8) is 0 Å². The lowest BCUT2D eigenvalue weighted by molar-refractivity contribution is -0.140. The molecule has 0 fully saturated rings. The third-order valence-corrected chi connectivity index (χ3v) is 1.13. The van der Waals surface area contributed by atoms with Gasteiger partial charge in [-0.25, -0.2) is 0 Å². The van der Waals surface area contributed by atoms with Crippen LogP contribution in [0.5, 0.6) is 0 Å². The lowest BCUT2D eigenvalue weighted by Crippen LogP contribution is -2.34. The van der Waals surface area contributed by atoms with Gasteiger partial charge in [-0.15, -0.1) is 0 Å². The highest BCUT2D eigenvalue weighted by atomic mass is 16.4. The first kappa shape index (κ1) is 11.4. The molecule has 3 N–H and O–H groups in total. The molecule has 6 heteroatoms. The molecule has 0 unspecified atom stereocenters. The Hall–Kier alpha value is -1.59. The molecule has 0 aromatic rings. The molecular weight excluding hydrogens is 176 g/mol. The van der Waals surface area contributed by atoms with Gasteiger partial charge in [0.2, 0.25) is 11.8 Å². The van der Waals surface area contributed by atoms with Crippen LogP contribution in [0.3, 0.4) is 0 Å². The largest absolute Gasteiger partial charge is 0.481 e. The molecular formula is C7H12N2O4. The van der Waals surface area contributed by atoms with Crippen LogP contribution in [0.2, 0.25) is 0 Å². The van der Waals surface area contributed by atoms with Crippen LogP contribution >= 0.6 is 0 Å². The second-order valence-corrected chi connectivity index (χ2v) is 2.40. The van der Waals surface area contributed by atoms with E-state index < -0.39 is 18.3 Å². The fourth-order valence-electron chi connectivity index (χ4n) is 0.640. The number of carboxylic acid groups (broad SMARTS) is 1. The van der Waals surface area contributed by atoms with E-state index in [1.54, 1.807) is 0 Å². The van der Waals surface area contributed by atoms with E-state index in [4.69, 9.17) is 5.11 Å². The number of amides is 2. The van der Waals surface area contributed by atoms with Crippen LogP contribution in [0.15, 0.2) is 0 Å². The van der Waals surface area contributed by atoms with E-state index in [0.29, 0.717) is 6.54 Å². The fourth-order valence-corrected chi connectivity index (χ4v) is 0.640. The maximum Gasteiger partial charge on any atom is 0.312 e. The van der Waals surface area contributed by atoms with E-state index in [1.165, 1.54) is 6.92 Å². The molecule has 0 aliphatic carbocycles. The van der Waals surface area contributed by atoms with E-state index in [-0.39, 0.29) is 12.5 Å². The highest BCUT2D eigenvalue weighted by molar-refractivity contribution is 5.93. The Balaban J connectivity index is 3.37. The van der Waals surface area contributed by atoms with Crippen LogP contribution in [0.4, 0.5) is 0 Å². The van der Waals surface area contributed by atoms with E-state index in [9.17, 15) is 14.4 Å². The summed E-state index contributed by atoms with van der Waals surface area (Å²) in [5.41, 5.74) is 0. The summed E-state index contributed by atoms with van der Waals surface area (Å²) in [5, 5.41) is 13.0. The molecule has 0 aromatic carbocycles. The van der Waals surface area contributed by atoms with Gasteiger partial charge < -0.3 is 15.7 Å². The summed E-state index contributed by atoms with van der Waals surface area (Å²) >= 11 is 0. The van der Waals surface area contributed by atoms with E-state index >= 15 is 0 Å². The summed E-state index contributed by atoms with van der Waals surface area (Å²) in [7, 11) is 0. The molecule has 74 valence electrons. The number of aliphatic carboxylic acids is 1. The topological polar surface area (TPSA) is 95.5 Å². The first-order chi connectivity index (χ1) is 6.02. The first-order valence-corrected chi connectivity index (χ1v) is 3.75. The maximum absolute atomic E-state index is 10.7. The summed E-state index contributed by atoms with van der Waals surface area (Å²) in [5.74, 6) is -1.91. The van der Waals surface area contributed by atoms with Crippen molar-refractivity contribution < 1.29 is 19.5 Å². The predicted molar refractivity (Wildman–Crippen MR) is 43.9 cm³/mol. The van der Waals surface area contributed by atoms with Crippen molar-refractivity contribution in [2.75, 3.05) is 13.1 Å². The number of carboxylic acids is 1. The first-order valence-electron chi connectivity index (χ1n) is 3.75. The van der Waals surface area contributed by atoms with Crippen molar-refractivity contribution >= 4 is 17.8 Å². The molecule has 0 spiro atoms. The molecule has 0 atom stereocenters. The Morgan fingerprint density at radius 2 is 1.69 bits per heavy atom. The highest BCUT2D eigenvalue weighted by Crippen LogP contribution is 1.77. The number of hydrogen-bond donors (Lipinski definition) is 3. The molecule has 0 aliphatic heterocycles. The van der Waals surface area contributed by atoms with Crippen molar-refractivity contribution in [3.8, 4) is 0 Å². The summed E-state index contributed by atoms with van der Waals surface area (Å²) < 4.78 is 0. The predicted octanol–water partition coefficient (Wildman–Crippen LogP) is -1.29. The van der Waals surface area contributed by atoms with Crippen molar-refractivity contribution in [1.82, 2.24) is 10.6 Å². The van der Waals surface area contributed by atoms with Crippen LogP contribution < -0.4 is 10.6 Å². The van der Waals surface area contributed by atoms with Gasteiger partial charge in [-0.2, -0.15) is 0 Å². The monoisotopic (exact) mass is 188 g/mol. The van der Waals surface area contributed by atoms with Gasteiger partial charge in [0.15, 0.2) is 0 Å². The molecule has 0 bridgehead atoms. The average Bonchev–Trinajstić information content (AvgIpc) is 1.96. The van der Waals surface area contributed by atoms with Crippen LogP contribution in [-0.4, -0.2) is 36.0 Å². The van der Waals surface area contributed by atoms with Gasteiger partial charge in [0.05, 0.1) is 0 Å². The van der Waals surface area contributed by atoms with Crippen molar-refractivity contribution in [3.05, 3.63) is 0 Å². The Bertz CT molecular complexity index is 215. The minimum absolute atomic E-state index is 0.188. The van der Waals surface area contributed by atoms with E-state index in [0.717, 1.165) is 0 Å². The number of nitrogens with one attached hydrogen (secondary N) is 2. The molecule has 0 rings (SSSR count). The Morgan fingerprint density at radius 1 is 1.15 bits per heavy atom. The molecule has 0 saturated heterocycles. The quantitative estimate of drug-likeness (QED) is 0.369. The van der Waals surface area contributed by atoms with Crippen LogP contribution in [-0.2, 0) is 14.4 Å². The number of carbonyl (C=O) groups is 3. The highest BCUT2D eigenvalue weighted by Gasteiger charge is 2.05. The van der Waals surface area contributed by atoms with Gasteiger partial charge in [0.1, 0.15) is 6.42 Å². The zero-order valence-corrected chi connectivity index (χ0v) is 7.29. The third-order valence-electron chi connectivity index (χ3n) is 1.13. The standard InChI is InChI=1S/C7H12N2O4/c1-5(10)8-2-3-9-6(11)4-7(12)13/h2-4H2,1H3,(H,8,10)(H,9,11)(H,12,13). The van der Waals surface area contributed by atoms with E-state index in [1.807, 2.05) is 0 Å². The fraction of sp³-hybridized carbons (Fsp3) is 0.571. The number of carbonyl (C=O) groups excluding carboxylic acids is 2. The molecule has 6 nitrogen and oxygen atoms in total. The lowest BCUT2D eigenvalue weighted by atomic mass is 10.4. The Morgan fingerprint density at radius 3 is 2.15 bits per heavy atom. The van der Waals surface area contributed by atoms with Gasteiger partial charge >= 0.3 is 5.97 Å². The van der Waals surface area contributed by atoms with Gasteiger partial charge in [0.25, 0.3) is 0 Å². The maximum atomic E-state index is 10.7. The van der Waals surface area contributed by atoms with Gasteiger partial charge in [-0.3, -0.25) is 14.4 Å². The normalized spacial score (nSPS) is 9.00. The van der Waals surface area contributed by atoms with Crippen LogP contribution in [0, 0.1) is 0 Å². The zero-order chi connectivity index (χ0) is 10.3. The van der Waals surface area contributed by atoms with E-state index in [2.05, 4.69) is 10.6 Å². The molecule has 0 heterocycles. The second kappa shape index (κ2) is 5.99. The van der Waals surface area contributed by atoms with Crippen molar-refractivity contribution in [2.45, 2.75) is 13.3 Å². The Labute approximate surface area is 75.3 Å².